The highest BCUT2D eigenvalue weighted by Gasteiger charge is 2.35. The first-order valence-corrected chi connectivity index (χ1v) is 8.11. The molecule has 0 spiro atoms. The van der Waals surface area contributed by atoms with Crippen LogP contribution >= 0.6 is 0 Å². The van der Waals surface area contributed by atoms with Crippen LogP contribution in [0.4, 0.5) is 0 Å². The smallest absolute Gasteiger partial charge is 0.0106 e. The molecule has 2 aliphatic rings. The van der Waals surface area contributed by atoms with E-state index in [2.05, 4.69) is 45.9 Å². The van der Waals surface area contributed by atoms with Crippen LogP contribution in [0, 0.1) is 17.8 Å². The maximum atomic E-state index is 2.49. The van der Waals surface area contributed by atoms with E-state index in [4.69, 9.17) is 0 Å². The van der Waals surface area contributed by atoms with E-state index in [1.807, 2.05) is 0 Å². The van der Waals surface area contributed by atoms with Crippen LogP contribution in [-0.4, -0.2) is 0 Å². The Balaban J connectivity index is 1.94. The minimum absolute atomic E-state index is 0.890. The first kappa shape index (κ1) is 14.6. The van der Waals surface area contributed by atoms with Crippen molar-refractivity contribution in [1.82, 2.24) is 0 Å². The van der Waals surface area contributed by atoms with Gasteiger partial charge in [0.25, 0.3) is 0 Å². The number of hydrogen-bond acceptors (Lipinski definition) is 0. The third-order valence-corrected chi connectivity index (χ3v) is 5.05. The van der Waals surface area contributed by atoms with E-state index in [1.165, 1.54) is 44.1 Å². The van der Waals surface area contributed by atoms with Crippen LogP contribution in [0.3, 0.4) is 0 Å². The normalized spacial score (nSPS) is 29.1. The van der Waals surface area contributed by atoms with Crippen LogP contribution in [0.2, 0.25) is 0 Å². The van der Waals surface area contributed by atoms with Gasteiger partial charge in [0.1, 0.15) is 0 Å². The number of fused-ring (bicyclic) bond motifs is 2. The van der Waals surface area contributed by atoms with Crippen LogP contribution in [0.1, 0.15) is 66.2 Å². The first-order valence-electron chi connectivity index (χ1n) is 8.11. The topological polar surface area (TPSA) is 0 Å². The molecule has 2 rings (SSSR count). The van der Waals surface area contributed by atoms with Crippen LogP contribution in [0.15, 0.2) is 34.9 Å². The summed E-state index contributed by atoms with van der Waals surface area (Å²) in [4.78, 5) is 0. The van der Waals surface area contributed by atoms with E-state index >= 15 is 0 Å². The predicted octanol–water partition coefficient (Wildman–Crippen LogP) is 6.06. The van der Waals surface area contributed by atoms with Crippen molar-refractivity contribution in [2.75, 3.05) is 0 Å². The molecule has 0 aromatic carbocycles. The lowest BCUT2D eigenvalue weighted by molar-refractivity contribution is 0.440. The molecule has 19 heavy (non-hydrogen) atoms. The van der Waals surface area contributed by atoms with Gasteiger partial charge in [0.05, 0.1) is 0 Å². The van der Waals surface area contributed by atoms with Crippen molar-refractivity contribution in [2.24, 2.45) is 17.8 Å². The molecule has 0 heteroatoms. The second-order valence-electron chi connectivity index (χ2n) is 6.72. The fraction of sp³-hybridized carbons (Fsp3) is 0.684. The Kier molecular flexibility index (Phi) is 5.07. The van der Waals surface area contributed by atoms with Crippen molar-refractivity contribution >= 4 is 0 Å². The highest BCUT2D eigenvalue weighted by atomic mass is 14.4. The Labute approximate surface area is 119 Å². The Morgan fingerprint density at radius 1 is 1.21 bits per heavy atom. The maximum absolute atomic E-state index is 2.49. The molecule has 0 aromatic rings. The summed E-state index contributed by atoms with van der Waals surface area (Å²) < 4.78 is 0. The summed E-state index contributed by atoms with van der Waals surface area (Å²) in [7, 11) is 0. The minimum Gasteiger partial charge on any atom is -0.0881 e. The molecule has 1 saturated carbocycles. The van der Waals surface area contributed by atoms with Crippen LogP contribution < -0.4 is 0 Å². The van der Waals surface area contributed by atoms with Gasteiger partial charge < -0.3 is 0 Å². The molecule has 3 unspecified atom stereocenters. The van der Waals surface area contributed by atoms with Crippen molar-refractivity contribution in [2.45, 2.75) is 66.2 Å². The summed E-state index contributed by atoms with van der Waals surface area (Å²) in [5.41, 5.74) is 4.89. The maximum Gasteiger partial charge on any atom is -0.0106 e. The molecular formula is C19H30. The molecule has 2 bridgehead atoms. The molecule has 1 fully saturated rings. The van der Waals surface area contributed by atoms with Gasteiger partial charge >= 0.3 is 0 Å². The van der Waals surface area contributed by atoms with Crippen molar-refractivity contribution in [3.63, 3.8) is 0 Å². The van der Waals surface area contributed by atoms with Crippen LogP contribution in [-0.2, 0) is 0 Å². The SMILES string of the molecule is C/C=C(\CC(CCC)=C(C)C)CC1CC2C=CC1C2. The summed E-state index contributed by atoms with van der Waals surface area (Å²) in [6, 6.07) is 0. The Hall–Kier alpha value is -0.780. The zero-order valence-corrected chi connectivity index (χ0v) is 13.2. The average molecular weight is 258 g/mol. The molecule has 106 valence electrons. The molecule has 2 aliphatic carbocycles. The summed E-state index contributed by atoms with van der Waals surface area (Å²) in [5, 5.41) is 0. The minimum atomic E-state index is 0.890. The molecule has 0 N–H and O–H groups in total. The Morgan fingerprint density at radius 2 is 2.00 bits per heavy atom. The molecule has 0 aromatic heterocycles. The van der Waals surface area contributed by atoms with Crippen molar-refractivity contribution in [3.05, 3.63) is 34.9 Å². The first-order chi connectivity index (χ1) is 9.13. The van der Waals surface area contributed by atoms with Crippen molar-refractivity contribution in [1.29, 1.82) is 0 Å². The van der Waals surface area contributed by atoms with E-state index < -0.39 is 0 Å². The van der Waals surface area contributed by atoms with Gasteiger partial charge in [0.15, 0.2) is 0 Å². The zero-order chi connectivity index (χ0) is 13.8. The molecular weight excluding hydrogens is 228 g/mol. The third kappa shape index (κ3) is 3.61. The van der Waals surface area contributed by atoms with Gasteiger partial charge in [0.2, 0.25) is 0 Å². The van der Waals surface area contributed by atoms with Gasteiger partial charge in [0, 0.05) is 0 Å². The van der Waals surface area contributed by atoms with E-state index in [0.717, 1.165) is 17.8 Å². The number of allylic oxidation sites excluding steroid dienone is 6. The molecule has 0 radical (unpaired) electrons. The van der Waals surface area contributed by atoms with Crippen molar-refractivity contribution < 1.29 is 0 Å². The molecule has 0 saturated heterocycles. The Morgan fingerprint density at radius 3 is 2.47 bits per heavy atom. The lowest BCUT2D eigenvalue weighted by Crippen LogP contribution is -2.08. The van der Waals surface area contributed by atoms with Gasteiger partial charge in [-0.2, -0.15) is 0 Å². The second-order valence-corrected chi connectivity index (χ2v) is 6.72. The monoisotopic (exact) mass is 258 g/mol. The third-order valence-electron chi connectivity index (χ3n) is 5.05. The van der Waals surface area contributed by atoms with E-state index in [9.17, 15) is 0 Å². The predicted molar refractivity (Wildman–Crippen MR) is 85.1 cm³/mol. The fourth-order valence-electron chi connectivity index (χ4n) is 3.85. The van der Waals surface area contributed by atoms with E-state index in [0.29, 0.717) is 0 Å². The highest BCUT2D eigenvalue weighted by Crippen LogP contribution is 2.46. The lowest BCUT2D eigenvalue weighted by atomic mass is 9.84. The molecule has 3 atom stereocenters. The molecule has 0 heterocycles. The largest absolute Gasteiger partial charge is 0.0881 e. The Bertz CT molecular complexity index is 390. The zero-order valence-electron chi connectivity index (χ0n) is 13.2. The summed E-state index contributed by atoms with van der Waals surface area (Å²) in [6.07, 6.45) is 15.3. The second kappa shape index (κ2) is 6.59. The lowest BCUT2D eigenvalue weighted by Gasteiger charge is -2.21. The van der Waals surface area contributed by atoms with E-state index in [1.54, 1.807) is 11.1 Å². The quantitative estimate of drug-likeness (QED) is 0.508. The van der Waals surface area contributed by atoms with E-state index in [-0.39, 0.29) is 0 Å². The fourth-order valence-corrected chi connectivity index (χ4v) is 3.85. The van der Waals surface area contributed by atoms with Crippen LogP contribution in [0.25, 0.3) is 0 Å². The van der Waals surface area contributed by atoms with Gasteiger partial charge in [-0.25, -0.2) is 0 Å². The number of rotatable bonds is 6. The van der Waals surface area contributed by atoms with Gasteiger partial charge in [-0.3, -0.25) is 0 Å². The van der Waals surface area contributed by atoms with Crippen molar-refractivity contribution in [3.8, 4) is 0 Å². The van der Waals surface area contributed by atoms with Gasteiger partial charge in [-0.05, 0) is 70.6 Å². The molecule has 0 aliphatic heterocycles. The molecule has 0 nitrogen and oxygen atoms in total. The van der Waals surface area contributed by atoms with Crippen LogP contribution in [0.5, 0.6) is 0 Å². The summed E-state index contributed by atoms with van der Waals surface area (Å²) in [5.74, 6) is 2.73. The summed E-state index contributed by atoms with van der Waals surface area (Å²) >= 11 is 0. The van der Waals surface area contributed by atoms with Gasteiger partial charge in [-0.1, -0.05) is 48.3 Å². The number of hydrogen-bond donors (Lipinski definition) is 0. The summed E-state index contributed by atoms with van der Waals surface area (Å²) in [6.45, 7) is 9.07. The average Bonchev–Trinajstić information content (AvgIpc) is 2.99. The molecule has 0 amide bonds. The highest BCUT2D eigenvalue weighted by molar-refractivity contribution is 5.21. The standard InChI is InChI=1S/C19H30/c1-5-7-17(14(3)4)10-15(6-2)11-19-13-16-8-9-18(19)12-16/h6,8-9,16,18-19H,5,7,10-13H2,1-4H3/b15-6+. The van der Waals surface area contributed by atoms with Gasteiger partial charge in [-0.15, -0.1) is 0 Å².